The van der Waals surface area contributed by atoms with Crippen molar-refractivity contribution in [2.24, 2.45) is 0 Å². The molecule has 0 bridgehead atoms. The second-order valence-corrected chi connectivity index (χ2v) is 6.31. The van der Waals surface area contributed by atoms with Crippen LogP contribution in [0.25, 0.3) is 10.9 Å². The minimum Gasteiger partial charge on any atom is -0.435 e. The summed E-state index contributed by atoms with van der Waals surface area (Å²) >= 11 is 5.96. The van der Waals surface area contributed by atoms with E-state index in [4.69, 9.17) is 11.6 Å². The van der Waals surface area contributed by atoms with Crippen molar-refractivity contribution in [3.8, 4) is 5.75 Å². The van der Waals surface area contributed by atoms with Gasteiger partial charge in [-0.3, -0.25) is 9.69 Å². The van der Waals surface area contributed by atoms with Gasteiger partial charge in [-0.25, -0.2) is 4.98 Å². The molecule has 0 radical (unpaired) electrons. The minimum atomic E-state index is -2.84. The zero-order valence-corrected chi connectivity index (χ0v) is 14.6. The van der Waals surface area contributed by atoms with Crippen molar-refractivity contribution in [2.45, 2.75) is 19.7 Å². The minimum absolute atomic E-state index is 0.115. The topological polar surface area (TPSA) is 58.2 Å². The number of aromatic amines is 1. The summed E-state index contributed by atoms with van der Waals surface area (Å²) in [6.45, 7) is -1.88. The Labute approximate surface area is 153 Å². The number of aromatic nitrogens is 2. The Bertz CT molecular complexity index is 961. The largest absolute Gasteiger partial charge is 0.435 e. The SMILES string of the molecule is CN(Cc1ccc(OC(F)F)cc1)Cc1nc2cc(Cl)ccc2c(=O)[nH]1. The molecule has 3 aromatic rings. The van der Waals surface area contributed by atoms with Gasteiger partial charge in [-0.1, -0.05) is 23.7 Å². The van der Waals surface area contributed by atoms with Crippen LogP contribution in [0.5, 0.6) is 5.75 Å². The van der Waals surface area contributed by atoms with E-state index in [1.165, 1.54) is 12.1 Å². The zero-order valence-electron chi connectivity index (χ0n) is 13.9. The summed E-state index contributed by atoms with van der Waals surface area (Å²) in [5, 5.41) is 0.997. The lowest BCUT2D eigenvalue weighted by atomic mass is 10.2. The Morgan fingerprint density at radius 3 is 2.62 bits per heavy atom. The molecule has 0 fully saturated rings. The third-order valence-corrected chi connectivity index (χ3v) is 3.97. The van der Waals surface area contributed by atoms with E-state index in [9.17, 15) is 13.6 Å². The molecule has 0 aliphatic heterocycles. The summed E-state index contributed by atoms with van der Waals surface area (Å²) in [5.74, 6) is 0.633. The molecule has 0 aliphatic rings. The van der Waals surface area contributed by atoms with Crippen LogP contribution in [0.2, 0.25) is 5.02 Å². The third kappa shape index (κ3) is 4.56. The van der Waals surface area contributed by atoms with Gasteiger partial charge in [0.2, 0.25) is 0 Å². The average Bonchev–Trinajstić information content (AvgIpc) is 2.55. The molecule has 1 aromatic heterocycles. The summed E-state index contributed by atoms with van der Waals surface area (Å²) in [6, 6.07) is 11.3. The van der Waals surface area contributed by atoms with Gasteiger partial charge < -0.3 is 9.72 Å². The number of benzene rings is 2. The molecule has 0 atom stereocenters. The number of H-pyrrole nitrogens is 1. The van der Waals surface area contributed by atoms with Gasteiger partial charge in [-0.15, -0.1) is 0 Å². The van der Waals surface area contributed by atoms with Gasteiger partial charge in [-0.2, -0.15) is 8.78 Å². The van der Waals surface area contributed by atoms with Gasteiger partial charge in [0.15, 0.2) is 0 Å². The van der Waals surface area contributed by atoms with Crippen LogP contribution in [-0.2, 0) is 13.1 Å². The lowest BCUT2D eigenvalue weighted by molar-refractivity contribution is -0.0498. The van der Waals surface area contributed by atoms with Crippen molar-refractivity contribution in [3.05, 3.63) is 69.2 Å². The van der Waals surface area contributed by atoms with Crippen LogP contribution in [0.3, 0.4) is 0 Å². The second-order valence-electron chi connectivity index (χ2n) is 5.87. The Hall–Kier alpha value is -2.51. The van der Waals surface area contributed by atoms with Crippen molar-refractivity contribution in [2.75, 3.05) is 7.05 Å². The number of fused-ring (bicyclic) bond motifs is 1. The Morgan fingerprint density at radius 1 is 1.19 bits per heavy atom. The molecular weight excluding hydrogens is 364 g/mol. The number of alkyl halides is 2. The van der Waals surface area contributed by atoms with Crippen LogP contribution in [-0.4, -0.2) is 28.5 Å². The molecule has 0 saturated heterocycles. The van der Waals surface area contributed by atoms with Gasteiger partial charge in [-0.05, 0) is 42.9 Å². The maximum absolute atomic E-state index is 12.2. The normalized spacial score (nSPS) is 11.5. The van der Waals surface area contributed by atoms with E-state index in [1.807, 2.05) is 11.9 Å². The molecule has 0 spiro atoms. The fourth-order valence-corrected chi connectivity index (χ4v) is 2.80. The van der Waals surface area contributed by atoms with Gasteiger partial charge in [0.1, 0.15) is 11.6 Å². The summed E-state index contributed by atoms with van der Waals surface area (Å²) in [6.07, 6.45) is 0. The molecule has 5 nitrogen and oxygen atoms in total. The lowest BCUT2D eigenvalue weighted by Crippen LogP contribution is -2.21. The van der Waals surface area contributed by atoms with Gasteiger partial charge in [0.05, 0.1) is 17.4 Å². The van der Waals surface area contributed by atoms with Gasteiger partial charge in [0, 0.05) is 11.6 Å². The number of ether oxygens (including phenoxy) is 1. The fourth-order valence-electron chi connectivity index (χ4n) is 2.64. The van der Waals surface area contributed by atoms with Gasteiger partial charge >= 0.3 is 6.61 Å². The van der Waals surface area contributed by atoms with Crippen molar-refractivity contribution in [1.82, 2.24) is 14.9 Å². The van der Waals surface area contributed by atoms with Crippen molar-refractivity contribution in [1.29, 1.82) is 0 Å². The lowest BCUT2D eigenvalue weighted by Gasteiger charge is -2.16. The predicted molar refractivity (Wildman–Crippen MR) is 95.6 cm³/mol. The molecule has 3 rings (SSSR count). The van der Waals surface area contributed by atoms with Crippen LogP contribution >= 0.6 is 11.6 Å². The highest BCUT2D eigenvalue weighted by Crippen LogP contribution is 2.17. The van der Waals surface area contributed by atoms with E-state index >= 15 is 0 Å². The Balaban J connectivity index is 1.70. The van der Waals surface area contributed by atoms with Crippen LogP contribution in [0.1, 0.15) is 11.4 Å². The van der Waals surface area contributed by atoms with E-state index in [2.05, 4.69) is 14.7 Å². The fraction of sp³-hybridized carbons (Fsp3) is 0.222. The molecule has 0 saturated carbocycles. The van der Waals surface area contributed by atoms with E-state index in [1.54, 1.807) is 30.3 Å². The number of nitrogens with one attached hydrogen (secondary N) is 1. The first kappa shape index (κ1) is 18.3. The highest BCUT2D eigenvalue weighted by Gasteiger charge is 2.09. The smallest absolute Gasteiger partial charge is 0.387 e. The van der Waals surface area contributed by atoms with E-state index in [-0.39, 0.29) is 11.3 Å². The van der Waals surface area contributed by atoms with Crippen molar-refractivity contribution >= 4 is 22.5 Å². The summed E-state index contributed by atoms with van der Waals surface area (Å²) in [7, 11) is 1.87. The standard InChI is InChI=1S/C18H16ClF2N3O2/c1-24(9-11-2-5-13(6-3-11)26-18(20)21)10-16-22-15-8-12(19)4-7-14(15)17(25)23-16/h2-8,18H,9-10H2,1H3,(H,22,23,25). The first-order chi connectivity index (χ1) is 12.4. The van der Waals surface area contributed by atoms with E-state index in [0.29, 0.717) is 34.8 Å². The van der Waals surface area contributed by atoms with Crippen LogP contribution in [0.15, 0.2) is 47.3 Å². The van der Waals surface area contributed by atoms with E-state index in [0.717, 1.165) is 5.56 Å². The summed E-state index contributed by atoms with van der Waals surface area (Å²) in [5.41, 5.74) is 1.24. The Morgan fingerprint density at radius 2 is 1.92 bits per heavy atom. The molecule has 0 amide bonds. The molecule has 1 N–H and O–H groups in total. The highest BCUT2D eigenvalue weighted by atomic mass is 35.5. The summed E-state index contributed by atoms with van der Waals surface area (Å²) in [4.78, 5) is 21.3. The first-order valence-electron chi connectivity index (χ1n) is 7.81. The molecule has 136 valence electrons. The van der Waals surface area contributed by atoms with Crippen molar-refractivity contribution < 1.29 is 13.5 Å². The summed E-state index contributed by atoms with van der Waals surface area (Å²) < 4.78 is 28.7. The van der Waals surface area contributed by atoms with Crippen LogP contribution < -0.4 is 10.3 Å². The van der Waals surface area contributed by atoms with Crippen LogP contribution in [0, 0.1) is 0 Å². The monoisotopic (exact) mass is 379 g/mol. The second kappa shape index (κ2) is 7.80. The molecule has 2 aromatic carbocycles. The highest BCUT2D eigenvalue weighted by molar-refractivity contribution is 6.31. The van der Waals surface area contributed by atoms with E-state index < -0.39 is 6.61 Å². The number of halogens is 3. The molecule has 1 heterocycles. The Kier molecular flexibility index (Phi) is 5.49. The third-order valence-electron chi connectivity index (χ3n) is 3.74. The molecule has 26 heavy (non-hydrogen) atoms. The molecule has 8 heteroatoms. The maximum Gasteiger partial charge on any atom is 0.387 e. The van der Waals surface area contributed by atoms with Crippen LogP contribution in [0.4, 0.5) is 8.78 Å². The quantitative estimate of drug-likeness (QED) is 0.707. The molecular formula is C18H16ClF2N3O2. The van der Waals surface area contributed by atoms with Gasteiger partial charge in [0.25, 0.3) is 5.56 Å². The zero-order chi connectivity index (χ0) is 18.7. The number of rotatable bonds is 6. The average molecular weight is 380 g/mol. The molecule has 0 unspecified atom stereocenters. The number of hydrogen-bond donors (Lipinski definition) is 1. The predicted octanol–water partition coefficient (Wildman–Crippen LogP) is 3.81. The number of nitrogens with zero attached hydrogens (tertiary/aromatic N) is 2. The maximum atomic E-state index is 12.2. The molecule has 0 aliphatic carbocycles. The first-order valence-corrected chi connectivity index (χ1v) is 8.19. The number of hydrogen-bond acceptors (Lipinski definition) is 4. The van der Waals surface area contributed by atoms with Crippen molar-refractivity contribution in [3.63, 3.8) is 0 Å².